The maximum Gasteiger partial charge on any atom is 0.189 e. The fourth-order valence-corrected chi connectivity index (χ4v) is 2.57. The Morgan fingerprint density at radius 3 is 2.29 bits per heavy atom. The van der Waals surface area contributed by atoms with Crippen molar-refractivity contribution in [2.45, 2.75) is 59.5 Å². The van der Waals surface area contributed by atoms with E-state index >= 15 is 0 Å². The van der Waals surface area contributed by atoms with Gasteiger partial charge in [0.1, 0.15) is 5.82 Å². The molecule has 4 heteroatoms. The predicted octanol–water partition coefficient (Wildman–Crippen LogP) is 4.88. The number of aromatic nitrogens is 2. The first kappa shape index (κ1) is 18.3. The fourth-order valence-electron chi connectivity index (χ4n) is 1.74. The molecule has 1 N–H and O–H groups in total. The lowest BCUT2D eigenvalue weighted by Crippen LogP contribution is -2.11. The second-order valence-corrected chi connectivity index (χ2v) is 7.93. The van der Waals surface area contributed by atoms with Crippen LogP contribution in [0.4, 0.5) is 5.82 Å². The zero-order valence-electron chi connectivity index (χ0n) is 14.4. The summed E-state index contributed by atoms with van der Waals surface area (Å²) < 4.78 is 0. The van der Waals surface area contributed by atoms with Gasteiger partial charge in [0.2, 0.25) is 0 Å². The van der Waals surface area contributed by atoms with Crippen LogP contribution in [0.25, 0.3) is 0 Å². The van der Waals surface area contributed by atoms with Crippen molar-refractivity contribution in [3.8, 4) is 0 Å². The van der Waals surface area contributed by atoms with Gasteiger partial charge in [-0.15, -0.1) is 0 Å². The van der Waals surface area contributed by atoms with Crippen LogP contribution in [0.3, 0.4) is 0 Å². The highest BCUT2D eigenvalue weighted by Crippen LogP contribution is 2.20. The van der Waals surface area contributed by atoms with Crippen molar-refractivity contribution in [3.63, 3.8) is 0 Å². The molecule has 0 amide bonds. The van der Waals surface area contributed by atoms with Crippen LogP contribution in [0, 0.1) is 17.8 Å². The van der Waals surface area contributed by atoms with Crippen LogP contribution in [-0.4, -0.2) is 22.3 Å². The molecule has 0 unspecified atom stereocenters. The van der Waals surface area contributed by atoms with Gasteiger partial charge in [0, 0.05) is 24.1 Å². The Morgan fingerprint density at radius 1 is 1.00 bits per heavy atom. The lowest BCUT2D eigenvalue weighted by atomic mass is 10.1. The van der Waals surface area contributed by atoms with Crippen molar-refractivity contribution in [2.24, 2.45) is 17.8 Å². The van der Waals surface area contributed by atoms with Crippen LogP contribution in [0.5, 0.6) is 0 Å². The second-order valence-electron chi connectivity index (χ2n) is 6.94. The number of hydrogen-bond acceptors (Lipinski definition) is 4. The Kier molecular flexibility index (Phi) is 8.09. The lowest BCUT2D eigenvalue weighted by molar-refractivity contribution is 0.578. The van der Waals surface area contributed by atoms with Crippen LogP contribution in [0.15, 0.2) is 11.2 Å². The Hall–Kier alpha value is -0.770. The van der Waals surface area contributed by atoms with E-state index in [4.69, 9.17) is 4.98 Å². The van der Waals surface area contributed by atoms with Crippen LogP contribution >= 0.6 is 11.8 Å². The summed E-state index contributed by atoms with van der Waals surface area (Å²) >= 11 is 1.76. The SMILES string of the molecule is CC(C)CCc1cc(NCC(C)C)nc(SCC(C)C)n1. The van der Waals surface area contributed by atoms with E-state index in [1.807, 2.05) is 0 Å². The minimum absolute atomic E-state index is 0.617. The summed E-state index contributed by atoms with van der Waals surface area (Å²) in [6.45, 7) is 14.3. The molecule has 1 aromatic rings. The molecule has 0 atom stereocenters. The highest BCUT2D eigenvalue weighted by molar-refractivity contribution is 7.99. The summed E-state index contributed by atoms with van der Waals surface area (Å²) in [6.07, 6.45) is 2.21. The lowest BCUT2D eigenvalue weighted by Gasteiger charge is -2.12. The van der Waals surface area contributed by atoms with Crippen LogP contribution in [-0.2, 0) is 6.42 Å². The molecule has 3 nitrogen and oxygen atoms in total. The van der Waals surface area contributed by atoms with Gasteiger partial charge in [0.05, 0.1) is 0 Å². The number of thioether (sulfide) groups is 1. The molecule has 1 aromatic heterocycles. The summed E-state index contributed by atoms with van der Waals surface area (Å²) in [4.78, 5) is 9.36. The Bertz CT molecular complexity index is 342. The van der Waals surface area contributed by atoms with E-state index < -0.39 is 0 Å². The maximum absolute atomic E-state index is 4.72. The first-order valence-electron chi connectivity index (χ1n) is 8.11. The summed E-state index contributed by atoms with van der Waals surface area (Å²) in [5, 5.41) is 4.35. The van der Waals surface area contributed by atoms with E-state index in [-0.39, 0.29) is 0 Å². The normalized spacial score (nSPS) is 11.7. The molecule has 1 heterocycles. The van der Waals surface area contributed by atoms with Crippen LogP contribution in [0.1, 0.15) is 53.7 Å². The molecular weight excluding hydrogens is 278 g/mol. The molecule has 0 aliphatic carbocycles. The average Bonchev–Trinajstić information content (AvgIpc) is 2.40. The van der Waals surface area contributed by atoms with Gasteiger partial charge in [-0.2, -0.15) is 0 Å². The highest BCUT2D eigenvalue weighted by atomic mass is 32.2. The van der Waals surface area contributed by atoms with Crippen LogP contribution in [0.2, 0.25) is 0 Å². The molecule has 0 spiro atoms. The molecule has 0 aromatic carbocycles. The van der Waals surface area contributed by atoms with Crippen molar-refractivity contribution in [1.82, 2.24) is 9.97 Å². The number of hydrogen-bond donors (Lipinski definition) is 1. The van der Waals surface area contributed by atoms with E-state index in [0.29, 0.717) is 17.8 Å². The number of rotatable bonds is 9. The van der Waals surface area contributed by atoms with Gasteiger partial charge in [0.25, 0.3) is 0 Å². The smallest absolute Gasteiger partial charge is 0.189 e. The maximum atomic E-state index is 4.72. The van der Waals surface area contributed by atoms with Crippen molar-refractivity contribution in [3.05, 3.63) is 11.8 Å². The Labute approximate surface area is 134 Å². The zero-order valence-corrected chi connectivity index (χ0v) is 15.3. The van der Waals surface area contributed by atoms with Crippen molar-refractivity contribution >= 4 is 17.6 Å². The van der Waals surface area contributed by atoms with Crippen molar-refractivity contribution in [2.75, 3.05) is 17.6 Å². The Balaban J connectivity index is 2.79. The summed E-state index contributed by atoms with van der Waals surface area (Å²) in [6, 6.07) is 2.12. The molecule has 0 saturated heterocycles. The molecular formula is C17H31N3S. The molecule has 0 saturated carbocycles. The zero-order chi connectivity index (χ0) is 15.8. The second kappa shape index (κ2) is 9.29. The van der Waals surface area contributed by atoms with E-state index in [2.05, 4.69) is 57.9 Å². The molecule has 0 fully saturated rings. The summed E-state index contributed by atoms with van der Waals surface area (Å²) in [5.74, 6) is 4.02. The first-order valence-corrected chi connectivity index (χ1v) is 9.10. The summed E-state index contributed by atoms with van der Waals surface area (Å²) in [7, 11) is 0. The van der Waals surface area contributed by atoms with E-state index in [1.165, 1.54) is 6.42 Å². The number of nitrogens with one attached hydrogen (secondary N) is 1. The average molecular weight is 310 g/mol. The van der Waals surface area contributed by atoms with Crippen LogP contribution < -0.4 is 5.32 Å². The highest BCUT2D eigenvalue weighted by Gasteiger charge is 2.08. The van der Waals surface area contributed by atoms with Gasteiger partial charge >= 0.3 is 0 Å². The molecule has 0 aliphatic heterocycles. The summed E-state index contributed by atoms with van der Waals surface area (Å²) in [5.41, 5.74) is 1.16. The topological polar surface area (TPSA) is 37.8 Å². The molecule has 1 rings (SSSR count). The van der Waals surface area contributed by atoms with Gasteiger partial charge < -0.3 is 5.32 Å². The van der Waals surface area contributed by atoms with Gasteiger partial charge in [-0.3, -0.25) is 0 Å². The monoisotopic (exact) mass is 309 g/mol. The van der Waals surface area contributed by atoms with E-state index in [1.54, 1.807) is 11.8 Å². The minimum atomic E-state index is 0.617. The van der Waals surface area contributed by atoms with Gasteiger partial charge in [0.15, 0.2) is 5.16 Å². The number of nitrogens with zero attached hydrogens (tertiary/aromatic N) is 2. The van der Waals surface area contributed by atoms with Crippen molar-refractivity contribution < 1.29 is 0 Å². The first-order chi connectivity index (χ1) is 9.86. The standard InChI is InChI=1S/C17H31N3S/c1-12(2)7-8-15-9-16(18-10-13(3)4)20-17(19-15)21-11-14(5)6/h9,12-14H,7-8,10-11H2,1-6H3,(H,18,19,20). The number of anilines is 1. The fraction of sp³-hybridized carbons (Fsp3) is 0.765. The third-order valence-corrected chi connectivity index (χ3v) is 4.25. The third kappa shape index (κ3) is 8.30. The van der Waals surface area contributed by atoms with E-state index in [9.17, 15) is 0 Å². The quantitative estimate of drug-likeness (QED) is 0.521. The van der Waals surface area contributed by atoms with Crippen molar-refractivity contribution in [1.29, 1.82) is 0 Å². The van der Waals surface area contributed by atoms with Gasteiger partial charge in [-0.1, -0.05) is 53.3 Å². The predicted molar refractivity (Wildman–Crippen MR) is 94.1 cm³/mol. The van der Waals surface area contributed by atoms with Gasteiger partial charge in [-0.25, -0.2) is 9.97 Å². The molecule has 120 valence electrons. The van der Waals surface area contributed by atoms with E-state index in [0.717, 1.165) is 35.4 Å². The Morgan fingerprint density at radius 2 is 1.71 bits per heavy atom. The molecule has 21 heavy (non-hydrogen) atoms. The largest absolute Gasteiger partial charge is 0.370 e. The minimum Gasteiger partial charge on any atom is -0.370 e. The third-order valence-electron chi connectivity index (χ3n) is 2.97. The number of aryl methyl sites for hydroxylation is 1. The molecule has 0 bridgehead atoms. The van der Waals surface area contributed by atoms with Gasteiger partial charge in [-0.05, 0) is 30.6 Å². The molecule has 0 aliphatic rings. The molecule has 0 radical (unpaired) electrons.